The van der Waals surface area contributed by atoms with E-state index in [9.17, 15) is 0 Å². The van der Waals surface area contributed by atoms with Gasteiger partial charge in [0.2, 0.25) is 0 Å². The summed E-state index contributed by atoms with van der Waals surface area (Å²) in [5.74, 6) is 12.8. The van der Waals surface area contributed by atoms with Crippen LogP contribution in [0.5, 0.6) is 0 Å². The van der Waals surface area contributed by atoms with E-state index < -0.39 is 5.60 Å². The molecule has 2 aromatic rings. The Morgan fingerprint density at radius 1 is 0.857 bits per heavy atom. The fourth-order valence-electron chi connectivity index (χ4n) is 1.84. The van der Waals surface area contributed by atoms with Crippen LogP contribution in [0.1, 0.15) is 24.5 Å². The van der Waals surface area contributed by atoms with Gasteiger partial charge in [-0.05, 0) is 30.7 Å². The van der Waals surface area contributed by atoms with E-state index in [0.717, 1.165) is 17.5 Å². The molecular weight excluding hydrogens is 272 g/mol. The molecule has 104 valence electrons. The third-order valence-electron chi connectivity index (χ3n) is 3.21. The molecule has 0 radical (unpaired) electrons. The zero-order chi connectivity index (χ0) is 15.0. The lowest BCUT2D eigenvalue weighted by atomic mass is 10.0. The van der Waals surface area contributed by atoms with Crippen molar-refractivity contribution in [3.8, 4) is 23.7 Å². The minimum absolute atomic E-state index is 0.604. The maximum atomic E-state index is 5.72. The van der Waals surface area contributed by atoms with Crippen molar-refractivity contribution in [3.05, 3.63) is 71.8 Å². The summed E-state index contributed by atoms with van der Waals surface area (Å²) in [6, 6.07) is 19.9. The van der Waals surface area contributed by atoms with Crippen LogP contribution in [-0.2, 0) is 4.43 Å². The van der Waals surface area contributed by atoms with Gasteiger partial charge in [-0.3, -0.25) is 0 Å². The number of hydrogen-bond donors (Lipinski definition) is 0. The van der Waals surface area contributed by atoms with Gasteiger partial charge in [0.05, 0.1) is 0 Å². The maximum absolute atomic E-state index is 5.72. The molecule has 0 aromatic heterocycles. The second-order valence-electron chi connectivity index (χ2n) is 4.62. The highest BCUT2D eigenvalue weighted by atomic mass is 28.2. The van der Waals surface area contributed by atoms with Crippen LogP contribution in [0.25, 0.3) is 0 Å². The van der Waals surface area contributed by atoms with E-state index in [0.29, 0.717) is 10.5 Å². The molecule has 0 aliphatic heterocycles. The molecule has 0 aliphatic rings. The van der Waals surface area contributed by atoms with Gasteiger partial charge in [0.15, 0.2) is 5.60 Å². The molecule has 0 bridgehead atoms. The molecule has 1 nitrogen and oxygen atoms in total. The standard InChI is InChI=1S/C19H18OSi/c1-2-19(20-21,15-13-17-9-5-3-6-10-17)16-14-18-11-7-4-8-12-18/h3-12H,2H2,1,21H3. The molecule has 0 heterocycles. The summed E-state index contributed by atoms with van der Waals surface area (Å²) < 4.78 is 5.72. The van der Waals surface area contributed by atoms with E-state index >= 15 is 0 Å². The lowest BCUT2D eigenvalue weighted by molar-refractivity contribution is 0.206. The summed E-state index contributed by atoms with van der Waals surface area (Å²) in [6.07, 6.45) is 0.746. The molecule has 21 heavy (non-hydrogen) atoms. The van der Waals surface area contributed by atoms with Gasteiger partial charge in [-0.25, -0.2) is 0 Å². The monoisotopic (exact) mass is 290 g/mol. The van der Waals surface area contributed by atoms with E-state index in [2.05, 4.69) is 30.6 Å². The van der Waals surface area contributed by atoms with Crippen molar-refractivity contribution in [1.29, 1.82) is 0 Å². The van der Waals surface area contributed by atoms with Crippen LogP contribution in [0.3, 0.4) is 0 Å². The molecule has 0 aliphatic carbocycles. The van der Waals surface area contributed by atoms with Crippen molar-refractivity contribution in [2.24, 2.45) is 0 Å². The molecule has 0 atom stereocenters. The van der Waals surface area contributed by atoms with Crippen LogP contribution in [-0.4, -0.2) is 16.1 Å². The molecule has 2 heteroatoms. The fraction of sp³-hybridized carbons (Fsp3) is 0.158. The van der Waals surface area contributed by atoms with Crippen LogP contribution in [0.15, 0.2) is 60.7 Å². The number of hydrogen-bond acceptors (Lipinski definition) is 1. The fourth-order valence-corrected chi connectivity index (χ4v) is 2.34. The summed E-state index contributed by atoms with van der Waals surface area (Å²) in [5.41, 5.74) is 1.30. The molecule has 2 aromatic carbocycles. The first-order valence-electron chi connectivity index (χ1n) is 6.99. The Balaban J connectivity index is 2.30. The van der Waals surface area contributed by atoms with E-state index in [-0.39, 0.29) is 0 Å². The van der Waals surface area contributed by atoms with Gasteiger partial charge in [-0.2, -0.15) is 0 Å². The minimum atomic E-state index is -0.669. The lowest BCUT2D eigenvalue weighted by Crippen LogP contribution is -2.27. The Morgan fingerprint density at radius 2 is 1.29 bits per heavy atom. The van der Waals surface area contributed by atoms with Crippen LogP contribution in [0.4, 0.5) is 0 Å². The van der Waals surface area contributed by atoms with Crippen LogP contribution in [0.2, 0.25) is 0 Å². The summed E-state index contributed by atoms with van der Waals surface area (Å²) in [4.78, 5) is 0. The van der Waals surface area contributed by atoms with Gasteiger partial charge in [0.25, 0.3) is 0 Å². The summed E-state index contributed by atoms with van der Waals surface area (Å²) in [5, 5.41) is 0. The third-order valence-corrected chi connectivity index (χ3v) is 3.91. The molecule has 0 N–H and O–H groups in total. The van der Waals surface area contributed by atoms with Gasteiger partial charge in [-0.1, -0.05) is 67.0 Å². The van der Waals surface area contributed by atoms with Crippen molar-refractivity contribution in [2.75, 3.05) is 0 Å². The van der Waals surface area contributed by atoms with Crippen LogP contribution in [0, 0.1) is 23.7 Å². The Kier molecular flexibility index (Phi) is 5.40. The van der Waals surface area contributed by atoms with Crippen molar-refractivity contribution < 1.29 is 4.43 Å². The van der Waals surface area contributed by atoms with E-state index in [1.807, 2.05) is 60.7 Å². The molecule has 0 unspecified atom stereocenters. The number of rotatable bonds is 2. The van der Waals surface area contributed by atoms with E-state index in [1.165, 1.54) is 0 Å². The highest BCUT2D eigenvalue weighted by Gasteiger charge is 2.21. The predicted molar refractivity (Wildman–Crippen MR) is 90.7 cm³/mol. The Labute approximate surface area is 129 Å². The van der Waals surface area contributed by atoms with Gasteiger partial charge in [-0.15, -0.1) is 0 Å². The molecule has 0 saturated heterocycles. The zero-order valence-electron chi connectivity index (χ0n) is 12.4. The van der Waals surface area contributed by atoms with Crippen molar-refractivity contribution in [3.63, 3.8) is 0 Å². The molecule has 0 spiro atoms. The topological polar surface area (TPSA) is 9.23 Å². The first kappa shape index (κ1) is 15.1. The van der Waals surface area contributed by atoms with Gasteiger partial charge < -0.3 is 4.43 Å². The van der Waals surface area contributed by atoms with Crippen LogP contribution < -0.4 is 0 Å². The Bertz CT molecular complexity index is 621. The summed E-state index contributed by atoms with van der Waals surface area (Å²) in [7, 11) is 0.604. The van der Waals surface area contributed by atoms with Crippen molar-refractivity contribution >= 4 is 10.5 Å². The average Bonchev–Trinajstić information content (AvgIpc) is 2.58. The molecule has 0 fully saturated rings. The molecule has 0 saturated carbocycles. The first-order chi connectivity index (χ1) is 10.3. The SMILES string of the molecule is CCC(C#Cc1ccccc1)(C#Cc1ccccc1)O[SiH3]. The highest BCUT2D eigenvalue weighted by Crippen LogP contribution is 2.13. The summed E-state index contributed by atoms with van der Waals surface area (Å²) in [6.45, 7) is 2.05. The maximum Gasteiger partial charge on any atom is 0.180 e. The predicted octanol–water partition coefficient (Wildman–Crippen LogP) is 2.54. The molecular formula is C19H18OSi. The number of benzene rings is 2. The van der Waals surface area contributed by atoms with Crippen molar-refractivity contribution in [1.82, 2.24) is 0 Å². The van der Waals surface area contributed by atoms with E-state index in [1.54, 1.807) is 0 Å². The zero-order valence-corrected chi connectivity index (χ0v) is 14.4. The van der Waals surface area contributed by atoms with E-state index in [4.69, 9.17) is 4.43 Å². The van der Waals surface area contributed by atoms with Gasteiger partial charge in [0.1, 0.15) is 10.5 Å². The highest BCUT2D eigenvalue weighted by molar-refractivity contribution is 5.98. The van der Waals surface area contributed by atoms with Gasteiger partial charge in [0, 0.05) is 11.1 Å². The second-order valence-corrected chi connectivity index (χ2v) is 5.02. The molecule has 2 rings (SSSR count). The first-order valence-corrected chi connectivity index (χ1v) is 7.81. The largest absolute Gasteiger partial charge is 0.403 e. The normalized spacial score (nSPS) is 10.1. The Hall–Kier alpha value is -2.26. The molecule has 0 amide bonds. The smallest absolute Gasteiger partial charge is 0.180 e. The minimum Gasteiger partial charge on any atom is -0.403 e. The third kappa shape index (κ3) is 4.36. The lowest BCUT2D eigenvalue weighted by Gasteiger charge is -2.19. The van der Waals surface area contributed by atoms with Crippen LogP contribution >= 0.6 is 0 Å². The van der Waals surface area contributed by atoms with Gasteiger partial charge >= 0.3 is 0 Å². The average molecular weight is 290 g/mol. The summed E-state index contributed by atoms with van der Waals surface area (Å²) >= 11 is 0. The quantitative estimate of drug-likeness (QED) is 0.610. The van der Waals surface area contributed by atoms with Crippen molar-refractivity contribution in [2.45, 2.75) is 18.9 Å². The Morgan fingerprint density at radius 3 is 1.62 bits per heavy atom. The second kappa shape index (κ2) is 7.50.